The number of carbonyl (C=O) groups excluding carboxylic acids is 1. The zero-order valence-corrected chi connectivity index (χ0v) is 12.8. The molecule has 1 saturated heterocycles. The lowest BCUT2D eigenvalue weighted by molar-refractivity contribution is -0.0445. The average Bonchev–Trinajstić information content (AvgIpc) is 2.83. The molecule has 0 aliphatic carbocycles. The Morgan fingerprint density at radius 1 is 1.57 bits per heavy atom. The fraction of sp³-hybridized carbons (Fsp3) is 0.357. The Labute approximate surface area is 130 Å². The first-order valence-electron chi connectivity index (χ1n) is 6.59. The van der Waals surface area contributed by atoms with Crippen molar-refractivity contribution in [1.82, 2.24) is 4.90 Å². The molecule has 1 amide bonds. The Bertz CT molecular complexity index is 688. The van der Waals surface area contributed by atoms with E-state index >= 15 is 0 Å². The van der Waals surface area contributed by atoms with Gasteiger partial charge in [0.1, 0.15) is 4.88 Å². The highest BCUT2D eigenvalue weighted by atomic mass is 35.5. The molecular weight excluding hydrogens is 312 g/mol. The number of nitrogens with two attached hydrogens (primary N) is 1. The van der Waals surface area contributed by atoms with Gasteiger partial charge in [-0.15, -0.1) is 11.3 Å². The first kappa shape index (κ1) is 14.6. The molecule has 1 atom stereocenters. The Morgan fingerprint density at radius 2 is 2.38 bits per heavy atom. The summed E-state index contributed by atoms with van der Waals surface area (Å²) < 4.78 is 6.30. The molecule has 3 N–H and O–H groups in total. The highest BCUT2D eigenvalue weighted by Crippen LogP contribution is 2.36. The van der Waals surface area contributed by atoms with Gasteiger partial charge in [0.2, 0.25) is 0 Å². The van der Waals surface area contributed by atoms with E-state index in [1.54, 1.807) is 17.0 Å². The molecule has 1 aromatic carbocycles. The van der Waals surface area contributed by atoms with Gasteiger partial charge < -0.3 is 20.5 Å². The van der Waals surface area contributed by atoms with E-state index in [4.69, 9.17) is 27.2 Å². The third kappa shape index (κ3) is 2.72. The Morgan fingerprint density at radius 3 is 3.14 bits per heavy atom. The fourth-order valence-corrected chi connectivity index (χ4v) is 3.65. The van der Waals surface area contributed by atoms with Gasteiger partial charge in [0.15, 0.2) is 0 Å². The zero-order valence-electron chi connectivity index (χ0n) is 11.2. The Kier molecular flexibility index (Phi) is 4.03. The highest BCUT2D eigenvalue weighted by molar-refractivity contribution is 7.21. The van der Waals surface area contributed by atoms with E-state index in [0.29, 0.717) is 35.3 Å². The minimum absolute atomic E-state index is 0.0959. The fourth-order valence-electron chi connectivity index (χ4n) is 2.41. The highest BCUT2D eigenvalue weighted by Gasteiger charge is 2.27. The number of anilines is 1. The summed E-state index contributed by atoms with van der Waals surface area (Å²) in [6, 6.07) is 5.42. The van der Waals surface area contributed by atoms with E-state index in [9.17, 15) is 4.79 Å². The van der Waals surface area contributed by atoms with Crippen LogP contribution in [-0.2, 0) is 4.74 Å². The summed E-state index contributed by atoms with van der Waals surface area (Å²) in [6.45, 7) is 1.21. The third-order valence-corrected chi connectivity index (χ3v) is 4.92. The molecule has 0 radical (unpaired) electrons. The summed E-state index contributed by atoms with van der Waals surface area (Å²) in [4.78, 5) is 14.8. The van der Waals surface area contributed by atoms with Gasteiger partial charge in [-0.2, -0.15) is 0 Å². The largest absolute Gasteiger partial charge is 0.397 e. The van der Waals surface area contributed by atoms with E-state index in [-0.39, 0.29) is 18.6 Å². The van der Waals surface area contributed by atoms with Gasteiger partial charge in [-0.1, -0.05) is 11.6 Å². The number of nitrogens with zero attached hydrogens (tertiary/aromatic N) is 1. The van der Waals surface area contributed by atoms with Crippen molar-refractivity contribution in [3.63, 3.8) is 0 Å². The standard InChI is InChI=1S/C14H15ClN2O3S/c15-8-1-2-11-10(5-8)12(16)13(21-11)14(19)17-3-4-20-9(6-17)7-18/h1-2,5,9,18H,3-4,6-7,16H2. The summed E-state index contributed by atoms with van der Waals surface area (Å²) >= 11 is 7.34. The van der Waals surface area contributed by atoms with Crippen molar-refractivity contribution in [2.75, 3.05) is 32.0 Å². The van der Waals surface area contributed by atoms with Gasteiger partial charge in [-0.05, 0) is 18.2 Å². The van der Waals surface area contributed by atoms with Crippen LogP contribution in [0.4, 0.5) is 5.69 Å². The average molecular weight is 327 g/mol. The number of amides is 1. The van der Waals surface area contributed by atoms with Gasteiger partial charge in [-0.25, -0.2) is 0 Å². The van der Waals surface area contributed by atoms with E-state index in [2.05, 4.69) is 0 Å². The number of hydrogen-bond acceptors (Lipinski definition) is 5. The van der Waals surface area contributed by atoms with Crippen LogP contribution in [0, 0.1) is 0 Å². The first-order valence-corrected chi connectivity index (χ1v) is 7.79. The molecule has 1 aliphatic rings. The molecule has 0 spiro atoms. The van der Waals surface area contributed by atoms with E-state index in [1.165, 1.54) is 11.3 Å². The number of rotatable bonds is 2. The topological polar surface area (TPSA) is 75.8 Å². The summed E-state index contributed by atoms with van der Waals surface area (Å²) in [7, 11) is 0. The number of aliphatic hydroxyl groups is 1. The first-order chi connectivity index (χ1) is 10.1. The van der Waals surface area contributed by atoms with Gasteiger partial charge in [0.05, 0.1) is 25.0 Å². The second kappa shape index (κ2) is 5.81. The predicted octanol–water partition coefficient (Wildman–Crippen LogP) is 1.97. The van der Waals surface area contributed by atoms with Crippen molar-refractivity contribution < 1.29 is 14.6 Å². The number of ether oxygens (including phenoxy) is 1. The van der Waals surface area contributed by atoms with Gasteiger partial charge in [0.25, 0.3) is 5.91 Å². The second-order valence-electron chi connectivity index (χ2n) is 4.91. The molecule has 1 aliphatic heterocycles. The van der Waals surface area contributed by atoms with Gasteiger partial charge in [-0.3, -0.25) is 4.79 Å². The minimum atomic E-state index is -0.326. The summed E-state index contributed by atoms with van der Waals surface area (Å²) in [5.41, 5.74) is 6.57. The summed E-state index contributed by atoms with van der Waals surface area (Å²) in [5.74, 6) is -0.119. The molecule has 3 rings (SSSR count). The molecular formula is C14H15ClN2O3S. The number of hydrogen-bond donors (Lipinski definition) is 2. The lowest BCUT2D eigenvalue weighted by Crippen LogP contribution is -2.46. The minimum Gasteiger partial charge on any atom is -0.397 e. The number of aliphatic hydroxyl groups excluding tert-OH is 1. The van der Waals surface area contributed by atoms with Crippen molar-refractivity contribution in [3.05, 3.63) is 28.1 Å². The molecule has 0 saturated carbocycles. The maximum atomic E-state index is 12.6. The van der Waals surface area contributed by atoms with Crippen molar-refractivity contribution in [2.24, 2.45) is 0 Å². The lowest BCUT2D eigenvalue weighted by Gasteiger charge is -2.31. The van der Waals surface area contributed by atoms with E-state index < -0.39 is 0 Å². The van der Waals surface area contributed by atoms with Crippen LogP contribution in [0.25, 0.3) is 10.1 Å². The molecule has 1 fully saturated rings. The SMILES string of the molecule is Nc1c(C(=O)N2CCOC(CO)C2)sc2ccc(Cl)cc12. The molecule has 112 valence electrons. The van der Waals surface area contributed by atoms with Crippen LogP contribution >= 0.6 is 22.9 Å². The second-order valence-corrected chi connectivity index (χ2v) is 6.40. The van der Waals surface area contributed by atoms with E-state index in [1.807, 2.05) is 6.07 Å². The predicted molar refractivity (Wildman–Crippen MR) is 84.0 cm³/mol. The number of thiophene rings is 1. The maximum absolute atomic E-state index is 12.6. The van der Waals surface area contributed by atoms with Crippen LogP contribution in [0.15, 0.2) is 18.2 Å². The molecule has 7 heteroatoms. The number of nitrogen functional groups attached to an aromatic ring is 1. The van der Waals surface area contributed by atoms with Crippen molar-refractivity contribution in [2.45, 2.75) is 6.10 Å². The quantitative estimate of drug-likeness (QED) is 0.884. The van der Waals surface area contributed by atoms with Gasteiger partial charge >= 0.3 is 0 Å². The maximum Gasteiger partial charge on any atom is 0.266 e. The number of benzene rings is 1. The molecule has 0 bridgehead atoms. The Hall–Kier alpha value is -1.34. The number of morpholine rings is 1. The normalized spacial score (nSPS) is 19.1. The smallest absolute Gasteiger partial charge is 0.266 e. The van der Waals surface area contributed by atoms with Crippen LogP contribution in [-0.4, -0.2) is 48.3 Å². The monoisotopic (exact) mass is 326 g/mol. The molecule has 1 unspecified atom stereocenters. The van der Waals surface area contributed by atoms with Crippen molar-refractivity contribution in [3.8, 4) is 0 Å². The lowest BCUT2D eigenvalue weighted by atomic mass is 10.2. The van der Waals surface area contributed by atoms with Gasteiger partial charge in [0, 0.05) is 28.2 Å². The van der Waals surface area contributed by atoms with Crippen molar-refractivity contribution in [1.29, 1.82) is 0 Å². The van der Waals surface area contributed by atoms with Crippen LogP contribution in [0.1, 0.15) is 9.67 Å². The molecule has 2 heterocycles. The zero-order chi connectivity index (χ0) is 15.0. The summed E-state index contributed by atoms with van der Waals surface area (Å²) in [5, 5.41) is 10.6. The van der Waals surface area contributed by atoms with E-state index in [0.717, 1.165) is 10.1 Å². The molecule has 21 heavy (non-hydrogen) atoms. The molecule has 2 aromatic rings. The van der Waals surface area contributed by atoms with Crippen LogP contribution in [0.2, 0.25) is 5.02 Å². The number of fused-ring (bicyclic) bond motifs is 1. The molecule has 1 aromatic heterocycles. The van der Waals surface area contributed by atoms with Crippen LogP contribution in [0.3, 0.4) is 0 Å². The summed E-state index contributed by atoms with van der Waals surface area (Å²) in [6.07, 6.45) is -0.326. The van der Waals surface area contributed by atoms with Crippen LogP contribution < -0.4 is 5.73 Å². The Balaban J connectivity index is 1.92. The third-order valence-electron chi connectivity index (χ3n) is 3.51. The number of carbonyl (C=O) groups is 1. The van der Waals surface area contributed by atoms with Crippen molar-refractivity contribution >= 4 is 44.6 Å². The molecule has 5 nitrogen and oxygen atoms in total. The van der Waals surface area contributed by atoms with Crippen LogP contribution in [0.5, 0.6) is 0 Å². The number of halogens is 1.